The molecule has 3 heterocycles. The van der Waals surface area contributed by atoms with Gasteiger partial charge in [0.05, 0.1) is 23.5 Å². The topological polar surface area (TPSA) is 73.3 Å². The molecule has 0 bridgehead atoms. The van der Waals surface area contributed by atoms with Crippen LogP contribution in [-0.2, 0) is 9.59 Å². The molecule has 3 rings (SSSR count). The van der Waals surface area contributed by atoms with E-state index in [1.165, 1.54) is 16.7 Å². The summed E-state index contributed by atoms with van der Waals surface area (Å²) in [6, 6.07) is 3.50. The molecule has 1 saturated heterocycles. The second kappa shape index (κ2) is 5.05. The van der Waals surface area contributed by atoms with E-state index >= 15 is 0 Å². The van der Waals surface area contributed by atoms with Crippen molar-refractivity contribution in [2.75, 3.05) is 0 Å². The first-order chi connectivity index (χ1) is 8.18. The fourth-order valence-electron chi connectivity index (χ4n) is 1.94. The molecule has 7 heteroatoms. The van der Waals surface area contributed by atoms with E-state index in [0.717, 1.165) is 0 Å². The van der Waals surface area contributed by atoms with Crippen molar-refractivity contribution in [1.82, 2.24) is 9.88 Å². The average Bonchev–Trinajstić information content (AvgIpc) is 2.63. The van der Waals surface area contributed by atoms with Crippen LogP contribution in [0.25, 0.3) is 4.91 Å². The summed E-state index contributed by atoms with van der Waals surface area (Å²) in [5.41, 5.74) is 0.683. The van der Waals surface area contributed by atoms with Gasteiger partial charge in [0.2, 0.25) is 5.91 Å². The Morgan fingerprint density at radius 1 is 1.56 bits per heavy atom. The number of thioether (sulfide) groups is 1. The molecule has 5 nitrogen and oxygen atoms in total. The zero-order chi connectivity index (χ0) is 12.0. The first-order valence-corrected chi connectivity index (χ1v) is 5.91. The Balaban J connectivity index is 0.00000120. The van der Waals surface area contributed by atoms with E-state index in [2.05, 4.69) is 4.98 Å². The molecule has 0 unspecified atom stereocenters. The molecular formula is C11H7N2NaO3S. The van der Waals surface area contributed by atoms with Gasteiger partial charge in [-0.15, -0.1) is 0 Å². The van der Waals surface area contributed by atoms with Crippen molar-refractivity contribution in [2.45, 2.75) is 11.8 Å². The number of β-lactam (4-membered cyclic amide) rings is 1. The number of aliphatic carboxylic acids is 1. The predicted octanol–water partition coefficient (Wildman–Crippen LogP) is -3.19. The minimum absolute atomic E-state index is 0. The van der Waals surface area contributed by atoms with E-state index in [1.54, 1.807) is 24.5 Å². The number of hydrogen-bond acceptors (Lipinski definition) is 5. The first-order valence-electron chi connectivity index (χ1n) is 5.03. The molecule has 2 aliphatic heterocycles. The Labute approximate surface area is 130 Å². The molecule has 1 aromatic heterocycles. The van der Waals surface area contributed by atoms with E-state index in [0.29, 0.717) is 16.9 Å². The van der Waals surface area contributed by atoms with Gasteiger partial charge < -0.3 is 9.90 Å². The van der Waals surface area contributed by atoms with Crippen LogP contribution in [-0.4, -0.2) is 27.1 Å². The molecule has 1 fully saturated rings. The maximum atomic E-state index is 11.4. The van der Waals surface area contributed by atoms with Crippen LogP contribution < -0.4 is 34.7 Å². The van der Waals surface area contributed by atoms with Crippen molar-refractivity contribution < 1.29 is 44.3 Å². The second-order valence-electron chi connectivity index (χ2n) is 3.75. The number of pyridine rings is 1. The molecule has 0 aromatic carbocycles. The average molecular weight is 270 g/mol. The summed E-state index contributed by atoms with van der Waals surface area (Å²) >= 11 is 1.38. The number of carboxylic acid groups (broad SMARTS) is 1. The van der Waals surface area contributed by atoms with Crippen molar-refractivity contribution in [1.29, 1.82) is 0 Å². The zero-order valence-corrected chi connectivity index (χ0v) is 12.4. The molecule has 1 atom stereocenters. The van der Waals surface area contributed by atoms with Crippen LogP contribution in [0.3, 0.4) is 0 Å². The second-order valence-corrected chi connectivity index (χ2v) is 4.94. The summed E-state index contributed by atoms with van der Waals surface area (Å²) in [5, 5.41) is 11.0. The van der Waals surface area contributed by atoms with Crippen molar-refractivity contribution in [3.63, 3.8) is 0 Å². The van der Waals surface area contributed by atoms with Gasteiger partial charge in [-0.05, 0) is 6.07 Å². The quantitative estimate of drug-likeness (QED) is 0.418. The third kappa shape index (κ3) is 1.99. The van der Waals surface area contributed by atoms with E-state index in [-0.39, 0.29) is 46.5 Å². The number of carbonyl (C=O) groups is 2. The molecule has 18 heavy (non-hydrogen) atoms. The number of rotatable bonds is 2. The molecule has 2 aliphatic rings. The number of aromatic nitrogens is 1. The van der Waals surface area contributed by atoms with Crippen LogP contribution in [0.1, 0.15) is 12.0 Å². The Morgan fingerprint density at radius 2 is 2.33 bits per heavy atom. The first kappa shape index (κ1) is 13.6. The van der Waals surface area contributed by atoms with Gasteiger partial charge in [0.1, 0.15) is 0 Å². The van der Waals surface area contributed by atoms with Gasteiger partial charge in [-0.2, -0.15) is 0 Å². The van der Waals surface area contributed by atoms with Crippen LogP contribution in [0.4, 0.5) is 0 Å². The van der Waals surface area contributed by atoms with E-state index in [4.69, 9.17) is 0 Å². The largest absolute Gasteiger partial charge is 1.00 e. The van der Waals surface area contributed by atoms with Gasteiger partial charge >= 0.3 is 29.6 Å². The fourth-order valence-corrected chi connectivity index (χ4v) is 3.32. The predicted molar refractivity (Wildman–Crippen MR) is 59.0 cm³/mol. The van der Waals surface area contributed by atoms with E-state index in [9.17, 15) is 14.7 Å². The summed E-state index contributed by atoms with van der Waals surface area (Å²) in [5.74, 6) is -1.48. The SMILES string of the molecule is O=C([O-])C1=C(c2cccnc2)S[C@@H]2CC(=O)N12.[Na+]. The Kier molecular flexibility index (Phi) is 3.82. The number of carbonyl (C=O) groups excluding carboxylic acids is 2. The van der Waals surface area contributed by atoms with Crippen molar-refractivity contribution in [3.8, 4) is 0 Å². The molecule has 0 aliphatic carbocycles. The number of amides is 1. The maximum absolute atomic E-state index is 11.4. The molecule has 0 N–H and O–H groups in total. The van der Waals surface area contributed by atoms with Crippen molar-refractivity contribution in [2.24, 2.45) is 0 Å². The molecule has 0 saturated carbocycles. The van der Waals surface area contributed by atoms with Gasteiger partial charge in [0.15, 0.2) is 0 Å². The third-order valence-corrected chi connectivity index (χ3v) is 4.05. The number of hydrogen-bond donors (Lipinski definition) is 0. The van der Waals surface area contributed by atoms with Crippen LogP contribution in [0, 0.1) is 0 Å². The van der Waals surface area contributed by atoms with Crippen LogP contribution in [0.2, 0.25) is 0 Å². The smallest absolute Gasteiger partial charge is 0.543 e. The monoisotopic (exact) mass is 270 g/mol. The summed E-state index contributed by atoms with van der Waals surface area (Å²) in [6.07, 6.45) is 3.58. The Bertz CT molecular complexity index is 546. The normalized spacial score (nSPS) is 21.2. The van der Waals surface area contributed by atoms with Gasteiger partial charge in [-0.3, -0.25) is 14.7 Å². The third-order valence-electron chi connectivity index (χ3n) is 2.73. The summed E-state index contributed by atoms with van der Waals surface area (Å²) < 4.78 is 0. The molecule has 1 aromatic rings. The Morgan fingerprint density at radius 3 is 2.89 bits per heavy atom. The minimum Gasteiger partial charge on any atom is -0.543 e. The van der Waals surface area contributed by atoms with E-state index in [1.807, 2.05) is 0 Å². The van der Waals surface area contributed by atoms with Gasteiger partial charge in [0, 0.05) is 22.9 Å². The van der Waals surface area contributed by atoms with Gasteiger partial charge in [-0.1, -0.05) is 17.8 Å². The molecular weight excluding hydrogens is 263 g/mol. The van der Waals surface area contributed by atoms with Gasteiger partial charge in [-0.25, -0.2) is 0 Å². The summed E-state index contributed by atoms with van der Waals surface area (Å²) in [4.78, 5) is 28.3. The number of fused-ring (bicyclic) bond motifs is 1. The van der Waals surface area contributed by atoms with Crippen LogP contribution >= 0.6 is 11.8 Å². The van der Waals surface area contributed by atoms with Crippen LogP contribution in [0.5, 0.6) is 0 Å². The van der Waals surface area contributed by atoms with Gasteiger partial charge in [0.25, 0.3) is 0 Å². The number of nitrogens with zero attached hydrogens (tertiary/aromatic N) is 2. The minimum atomic E-state index is -1.31. The molecule has 0 radical (unpaired) electrons. The van der Waals surface area contributed by atoms with Crippen molar-refractivity contribution >= 4 is 28.5 Å². The van der Waals surface area contributed by atoms with Crippen LogP contribution in [0.15, 0.2) is 30.2 Å². The molecule has 1 amide bonds. The standard InChI is InChI=1S/C11H8N2O3S.Na/c14-7-4-8-13(7)9(11(15)16)10(17-8)6-2-1-3-12-5-6;/h1-3,5,8H,4H2,(H,15,16);/q;+1/p-1/t8-;/m1./s1. The Hall–Kier alpha value is -0.820. The molecule has 0 spiro atoms. The zero-order valence-electron chi connectivity index (χ0n) is 9.62. The fraction of sp³-hybridized carbons (Fsp3) is 0.182. The van der Waals surface area contributed by atoms with E-state index < -0.39 is 5.97 Å². The summed E-state index contributed by atoms with van der Waals surface area (Å²) in [7, 11) is 0. The maximum Gasteiger partial charge on any atom is 1.00 e. The summed E-state index contributed by atoms with van der Waals surface area (Å²) in [6.45, 7) is 0. The van der Waals surface area contributed by atoms with Crippen molar-refractivity contribution in [3.05, 3.63) is 35.8 Å². The molecule has 86 valence electrons. The number of carboxylic acids is 1.